The van der Waals surface area contributed by atoms with E-state index in [1.54, 1.807) is 26.1 Å². The molecule has 1 N–H and O–H groups in total. The van der Waals surface area contributed by atoms with Crippen molar-refractivity contribution in [3.8, 4) is 0 Å². The van der Waals surface area contributed by atoms with Gasteiger partial charge in [-0.3, -0.25) is 0 Å². The number of nitrogens with one attached hydrogen (secondary N) is 1. The molecular formula is C16H16F3N. The number of benzene rings is 2. The van der Waals surface area contributed by atoms with Crippen LogP contribution in [0.2, 0.25) is 0 Å². The number of aryl methyl sites for hydroxylation is 1. The van der Waals surface area contributed by atoms with Gasteiger partial charge in [0.1, 0.15) is 5.82 Å². The molecule has 4 heteroatoms. The standard InChI is InChI=1S/C16H16F3N/c1-10-6-7-12(14(18)8-10)15(20-2)9-11-4-3-5-13(17)16(11)19/h3-8,15,20H,9H2,1-2H3. The molecule has 0 aliphatic heterocycles. The molecule has 0 heterocycles. The average molecular weight is 279 g/mol. The van der Waals surface area contributed by atoms with Crippen LogP contribution in [-0.2, 0) is 6.42 Å². The van der Waals surface area contributed by atoms with Crippen molar-refractivity contribution in [2.75, 3.05) is 7.05 Å². The largest absolute Gasteiger partial charge is 0.313 e. The summed E-state index contributed by atoms with van der Waals surface area (Å²) in [5.41, 5.74) is 1.49. The summed E-state index contributed by atoms with van der Waals surface area (Å²) in [7, 11) is 1.67. The van der Waals surface area contributed by atoms with Crippen LogP contribution in [0.3, 0.4) is 0 Å². The van der Waals surface area contributed by atoms with Crippen LogP contribution in [0.15, 0.2) is 36.4 Å². The van der Waals surface area contributed by atoms with Crippen LogP contribution in [-0.4, -0.2) is 7.05 Å². The molecule has 106 valence electrons. The molecule has 0 saturated carbocycles. The first-order valence-corrected chi connectivity index (χ1v) is 6.39. The Labute approximate surface area is 116 Å². The summed E-state index contributed by atoms with van der Waals surface area (Å²) in [4.78, 5) is 0. The topological polar surface area (TPSA) is 12.0 Å². The predicted octanol–water partition coefficient (Wildman–Crippen LogP) is 3.92. The van der Waals surface area contributed by atoms with Crippen LogP contribution in [0, 0.1) is 24.4 Å². The summed E-state index contributed by atoms with van der Waals surface area (Å²) in [5.74, 6) is -2.11. The summed E-state index contributed by atoms with van der Waals surface area (Å²) >= 11 is 0. The van der Waals surface area contributed by atoms with E-state index in [4.69, 9.17) is 0 Å². The normalized spacial score (nSPS) is 12.4. The van der Waals surface area contributed by atoms with Crippen LogP contribution in [0.25, 0.3) is 0 Å². The zero-order valence-electron chi connectivity index (χ0n) is 11.4. The lowest BCUT2D eigenvalue weighted by molar-refractivity contribution is 0.480. The Morgan fingerprint density at radius 2 is 1.80 bits per heavy atom. The Hall–Kier alpha value is -1.81. The van der Waals surface area contributed by atoms with E-state index in [0.717, 1.165) is 11.6 Å². The number of hydrogen-bond donors (Lipinski definition) is 1. The van der Waals surface area contributed by atoms with Crippen molar-refractivity contribution >= 4 is 0 Å². The smallest absolute Gasteiger partial charge is 0.162 e. The molecule has 2 aromatic rings. The molecule has 0 saturated heterocycles. The van der Waals surface area contributed by atoms with Gasteiger partial charge in [-0.25, -0.2) is 13.2 Å². The molecule has 20 heavy (non-hydrogen) atoms. The van der Waals surface area contributed by atoms with Crippen LogP contribution in [0.5, 0.6) is 0 Å². The first-order valence-electron chi connectivity index (χ1n) is 6.39. The van der Waals surface area contributed by atoms with Gasteiger partial charge in [-0.15, -0.1) is 0 Å². The highest BCUT2D eigenvalue weighted by Gasteiger charge is 2.17. The molecule has 0 fully saturated rings. The Bertz CT molecular complexity index is 611. The van der Waals surface area contributed by atoms with Gasteiger partial charge in [-0.05, 0) is 43.7 Å². The van der Waals surface area contributed by atoms with E-state index in [1.165, 1.54) is 18.2 Å². The first kappa shape index (κ1) is 14.6. The van der Waals surface area contributed by atoms with E-state index < -0.39 is 17.7 Å². The predicted molar refractivity (Wildman–Crippen MR) is 73.0 cm³/mol. The quantitative estimate of drug-likeness (QED) is 0.894. The summed E-state index contributed by atoms with van der Waals surface area (Å²) in [6.07, 6.45) is 0.181. The molecule has 0 aliphatic rings. The minimum Gasteiger partial charge on any atom is -0.313 e. The van der Waals surface area contributed by atoms with Gasteiger partial charge in [-0.1, -0.05) is 24.3 Å². The highest BCUT2D eigenvalue weighted by molar-refractivity contribution is 5.29. The molecule has 2 rings (SSSR count). The number of likely N-dealkylation sites (N-methyl/N-ethyl adjacent to an activating group) is 1. The first-order chi connectivity index (χ1) is 9.52. The van der Waals surface area contributed by atoms with Crippen LogP contribution >= 0.6 is 0 Å². The molecule has 0 radical (unpaired) electrons. The Morgan fingerprint density at radius 1 is 1.05 bits per heavy atom. The average Bonchev–Trinajstić information content (AvgIpc) is 2.41. The van der Waals surface area contributed by atoms with Gasteiger partial charge in [-0.2, -0.15) is 0 Å². The van der Waals surface area contributed by atoms with Crippen molar-refractivity contribution < 1.29 is 13.2 Å². The van der Waals surface area contributed by atoms with Gasteiger partial charge in [0.25, 0.3) is 0 Å². The third kappa shape index (κ3) is 3.02. The Balaban J connectivity index is 2.31. The summed E-state index contributed by atoms with van der Waals surface area (Å²) in [6, 6.07) is 8.52. The van der Waals surface area contributed by atoms with Crippen LogP contribution < -0.4 is 5.32 Å². The van der Waals surface area contributed by atoms with Gasteiger partial charge in [0.15, 0.2) is 11.6 Å². The van der Waals surface area contributed by atoms with Gasteiger partial charge in [0.2, 0.25) is 0 Å². The van der Waals surface area contributed by atoms with E-state index in [1.807, 2.05) is 0 Å². The van der Waals surface area contributed by atoms with E-state index in [-0.39, 0.29) is 17.8 Å². The van der Waals surface area contributed by atoms with Crippen LogP contribution in [0.4, 0.5) is 13.2 Å². The lowest BCUT2D eigenvalue weighted by atomic mass is 9.97. The second-order valence-corrected chi connectivity index (χ2v) is 4.78. The van der Waals surface area contributed by atoms with Gasteiger partial charge in [0, 0.05) is 11.6 Å². The lowest BCUT2D eigenvalue weighted by Crippen LogP contribution is -2.20. The lowest BCUT2D eigenvalue weighted by Gasteiger charge is -2.18. The van der Waals surface area contributed by atoms with Crippen molar-refractivity contribution in [2.45, 2.75) is 19.4 Å². The summed E-state index contributed by atoms with van der Waals surface area (Å²) in [5, 5.41) is 2.94. The van der Waals surface area contributed by atoms with E-state index in [2.05, 4.69) is 5.32 Å². The second-order valence-electron chi connectivity index (χ2n) is 4.78. The molecule has 1 unspecified atom stereocenters. The SMILES string of the molecule is CNC(Cc1cccc(F)c1F)c1ccc(C)cc1F. The summed E-state index contributed by atoms with van der Waals surface area (Å²) < 4.78 is 40.8. The van der Waals surface area contributed by atoms with Crippen molar-refractivity contribution in [2.24, 2.45) is 0 Å². The molecule has 0 aromatic heterocycles. The fourth-order valence-corrected chi connectivity index (χ4v) is 2.21. The molecule has 2 aromatic carbocycles. The van der Waals surface area contributed by atoms with Crippen molar-refractivity contribution in [1.82, 2.24) is 5.32 Å². The van der Waals surface area contributed by atoms with Gasteiger partial charge < -0.3 is 5.32 Å². The molecular weight excluding hydrogens is 263 g/mol. The number of rotatable bonds is 4. The highest BCUT2D eigenvalue weighted by atomic mass is 19.2. The molecule has 0 spiro atoms. The number of hydrogen-bond acceptors (Lipinski definition) is 1. The highest BCUT2D eigenvalue weighted by Crippen LogP contribution is 2.24. The molecule has 0 aliphatic carbocycles. The molecule has 1 nitrogen and oxygen atoms in total. The third-order valence-electron chi connectivity index (χ3n) is 3.34. The minimum absolute atomic E-state index is 0.181. The van der Waals surface area contributed by atoms with E-state index in [9.17, 15) is 13.2 Å². The Kier molecular flexibility index (Phi) is 4.45. The fraction of sp³-hybridized carbons (Fsp3) is 0.250. The van der Waals surface area contributed by atoms with Gasteiger partial charge >= 0.3 is 0 Å². The number of halogens is 3. The molecule has 0 bridgehead atoms. The van der Waals surface area contributed by atoms with Crippen LogP contribution in [0.1, 0.15) is 22.7 Å². The zero-order chi connectivity index (χ0) is 14.7. The summed E-state index contributed by atoms with van der Waals surface area (Å²) in [6.45, 7) is 1.80. The van der Waals surface area contributed by atoms with Crippen molar-refractivity contribution in [1.29, 1.82) is 0 Å². The Morgan fingerprint density at radius 3 is 2.45 bits per heavy atom. The third-order valence-corrected chi connectivity index (χ3v) is 3.34. The maximum Gasteiger partial charge on any atom is 0.162 e. The maximum absolute atomic E-state index is 14.0. The fourth-order valence-electron chi connectivity index (χ4n) is 2.21. The monoisotopic (exact) mass is 279 g/mol. The maximum atomic E-state index is 14.0. The van der Waals surface area contributed by atoms with E-state index >= 15 is 0 Å². The minimum atomic E-state index is -0.887. The molecule has 1 atom stereocenters. The van der Waals surface area contributed by atoms with Crippen molar-refractivity contribution in [3.63, 3.8) is 0 Å². The van der Waals surface area contributed by atoms with Gasteiger partial charge in [0.05, 0.1) is 0 Å². The zero-order valence-corrected chi connectivity index (χ0v) is 11.4. The van der Waals surface area contributed by atoms with Crippen molar-refractivity contribution in [3.05, 3.63) is 70.5 Å². The molecule has 0 amide bonds. The second kappa shape index (κ2) is 6.09. The van der Waals surface area contributed by atoms with E-state index in [0.29, 0.717) is 5.56 Å².